The smallest absolute Gasteiger partial charge is 0.261 e. The number of nitrogens with one attached hydrogen (secondary N) is 1. The second-order valence-electron chi connectivity index (χ2n) is 8.27. The van der Waals surface area contributed by atoms with Crippen LogP contribution in [-0.4, -0.2) is 39.1 Å². The molecule has 0 saturated heterocycles. The number of ether oxygens (including phenoxy) is 1. The number of pyridine rings is 2. The van der Waals surface area contributed by atoms with Gasteiger partial charge >= 0.3 is 0 Å². The quantitative estimate of drug-likeness (QED) is 0.462. The van der Waals surface area contributed by atoms with Gasteiger partial charge in [0.1, 0.15) is 11.6 Å². The van der Waals surface area contributed by atoms with Crippen molar-refractivity contribution in [3.05, 3.63) is 83.7 Å². The average molecular weight is 455 g/mol. The van der Waals surface area contributed by atoms with E-state index in [1.165, 1.54) is 0 Å². The van der Waals surface area contributed by atoms with E-state index in [1.54, 1.807) is 30.7 Å². The van der Waals surface area contributed by atoms with Gasteiger partial charge in [-0.15, -0.1) is 0 Å². The molecule has 5 rings (SSSR count). The molecule has 3 aromatic heterocycles. The van der Waals surface area contributed by atoms with Crippen molar-refractivity contribution in [2.45, 2.75) is 26.7 Å². The van der Waals surface area contributed by atoms with Crippen LogP contribution in [0.2, 0.25) is 0 Å². The van der Waals surface area contributed by atoms with Gasteiger partial charge in [0, 0.05) is 43.4 Å². The Bertz CT molecular complexity index is 1350. The lowest BCUT2D eigenvalue weighted by Crippen LogP contribution is -2.25. The van der Waals surface area contributed by atoms with E-state index in [-0.39, 0.29) is 5.91 Å². The van der Waals surface area contributed by atoms with Gasteiger partial charge < -0.3 is 19.5 Å². The van der Waals surface area contributed by atoms with Gasteiger partial charge in [-0.1, -0.05) is 6.92 Å². The number of hydrogen-bond donors (Lipinski definition) is 1. The molecule has 8 nitrogen and oxygen atoms in total. The molecule has 0 radical (unpaired) electrons. The molecule has 0 bridgehead atoms. The molecular weight excluding hydrogens is 428 g/mol. The summed E-state index contributed by atoms with van der Waals surface area (Å²) in [6.45, 7) is 4.55. The van der Waals surface area contributed by atoms with E-state index in [1.807, 2.05) is 48.0 Å². The summed E-state index contributed by atoms with van der Waals surface area (Å²) in [4.78, 5) is 28.0. The number of benzene rings is 1. The van der Waals surface area contributed by atoms with Crippen molar-refractivity contribution >= 4 is 23.2 Å². The topological polar surface area (TPSA) is 85.2 Å². The Labute approximate surface area is 198 Å². The maximum Gasteiger partial charge on any atom is 0.261 e. The Morgan fingerprint density at radius 3 is 2.76 bits per heavy atom. The molecule has 1 aliphatic heterocycles. The van der Waals surface area contributed by atoms with Crippen LogP contribution in [0.25, 0.3) is 5.69 Å². The number of hydrogen-bond acceptors (Lipinski definition) is 6. The van der Waals surface area contributed by atoms with Crippen LogP contribution in [0.5, 0.6) is 5.75 Å². The van der Waals surface area contributed by atoms with Crippen LogP contribution in [0.4, 0.5) is 17.3 Å². The van der Waals surface area contributed by atoms with Crippen LogP contribution in [0.15, 0.2) is 61.3 Å². The van der Waals surface area contributed by atoms with Crippen molar-refractivity contribution in [1.29, 1.82) is 0 Å². The molecule has 1 amide bonds. The molecule has 34 heavy (non-hydrogen) atoms. The van der Waals surface area contributed by atoms with Crippen LogP contribution in [0.3, 0.4) is 0 Å². The lowest BCUT2D eigenvalue weighted by molar-refractivity contribution is 0.0994. The molecule has 8 heteroatoms. The molecule has 0 atom stereocenters. The van der Waals surface area contributed by atoms with Gasteiger partial charge in [-0.25, -0.2) is 15.0 Å². The van der Waals surface area contributed by atoms with Gasteiger partial charge in [-0.05, 0) is 60.9 Å². The lowest BCUT2D eigenvalue weighted by Gasteiger charge is -2.17. The number of nitrogens with zero attached hydrogens (tertiary/aromatic N) is 5. The van der Waals surface area contributed by atoms with Gasteiger partial charge in [0.15, 0.2) is 5.82 Å². The molecule has 0 fully saturated rings. The summed E-state index contributed by atoms with van der Waals surface area (Å²) in [5, 5.41) is 3.25. The first-order valence-electron chi connectivity index (χ1n) is 11.3. The first-order valence-corrected chi connectivity index (χ1v) is 11.3. The highest BCUT2D eigenvalue weighted by Crippen LogP contribution is 2.33. The second-order valence-corrected chi connectivity index (χ2v) is 8.27. The number of anilines is 3. The highest BCUT2D eigenvalue weighted by atomic mass is 16.5. The maximum absolute atomic E-state index is 13.2. The number of fused-ring (bicyclic) bond motifs is 2. The van der Waals surface area contributed by atoms with Crippen LogP contribution in [-0.2, 0) is 12.8 Å². The standard InChI is InChI=1S/C26H26N6O2/c1-4-19-5-7-22-25(29-19)30-24-21(26(33)31(22)3)14-18(15-28-24)9-12-34-23-8-6-20(13-17(23)2)32-11-10-27-16-32/h5-8,10-11,13-16H,4,9,12H2,1-3H3,(H,28,29,30). The van der Waals surface area contributed by atoms with E-state index in [0.717, 1.165) is 40.4 Å². The number of carbonyl (C=O) groups excluding carboxylic acids is 1. The van der Waals surface area contributed by atoms with E-state index in [4.69, 9.17) is 4.74 Å². The predicted octanol–water partition coefficient (Wildman–Crippen LogP) is 4.49. The number of rotatable bonds is 6. The summed E-state index contributed by atoms with van der Waals surface area (Å²) in [6.07, 6.45) is 8.66. The third-order valence-corrected chi connectivity index (χ3v) is 5.98. The van der Waals surface area contributed by atoms with Gasteiger partial charge in [-0.2, -0.15) is 0 Å². The zero-order chi connectivity index (χ0) is 23.7. The monoisotopic (exact) mass is 454 g/mol. The summed E-state index contributed by atoms with van der Waals surface area (Å²) in [6, 6.07) is 11.8. The molecule has 1 aliphatic rings. The van der Waals surface area contributed by atoms with Gasteiger partial charge in [0.25, 0.3) is 5.91 Å². The molecule has 0 saturated carbocycles. The Kier molecular flexibility index (Phi) is 5.71. The fourth-order valence-electron chi connectivity index (χ4n) is 4.01. The zero-order valence-corrected chi connectivity index (χ0v) is 19.4. The summed E-state index contributed by atoms with van der Waals surface area (Å²) in [7, 11) is 1.76. The van der Waals surface area contributed by atoms with Crippen molar-refractivity contribution in [3.63, 3.8) is 0 Å². The first-order chi connectivity index (χ1) is 16.5. The zero-order valence-electron chi connectivity index (χ0n) is 19.4. The van der Waals surface area contributed by atoms with Gasteiger partial charge in [-0.3, -0.25) is 4.79 Å². The molecule has 0 aliphatic carbocycles. The fraction of sp³-hybridized carbons (Fsp3) is 0.231. The first kappa shape index (κ1) is 21.6. The number of amides is 1. The van der Waals surface area contributed by atoms with Crippen molar-refractivity contribution in [3.8, 4) is 11.4 Å². The Morgan fingerprint density at radius 1 is 1.12 bits per heavy atom. The van der Waals surface area contributed by atoms with E-state index in [2.05, 4.69) is 33.3 Å². The fourth-order valence-corrected chi connectivity index (χ4v) is 4.01. The van der Waals surface area contributed by atoms with Crippen molar-refractivity contribution in [1.82, 2.24) is 19.5 Å². The van der Waals surface area contributed by atoms with Crippen LogP contribution in [0.1, 0.15) is 34.1 Å². The summed E-state index contributed by atoms with van der Waals surface area (Å²) >= 11 is 0. The maximum atomic E-state index is 13.2. The highest BCUT2D eigenvalue weighted by molar-refractivity contribution is 6.12. The van der Waals surface area contributed by atoms with Crippen LogP contribution in [0, 0.1) is 6.92 Å². The highest BCUT2D eigenvalue weighted by Gasteiger charge is 2.26. The third-order valence-electron chi connectivity index (χ3n) is 5.98. The molecular formula is C26H26N6O2. The largest absolute Gasteiger partial charge is 0.493 e. The Morgan fingerprint density at radius 2 is 2.00 bits per heavy atom. The minimum atomic E-state index is -0.117. The summed E-state index contributed by atoms with van der Waals surface area (Å²) in [5.74, 6) is 1.88. The van der Waals surface area contributed by atoms with Crippen LogP contribution >= 0.6 is 0 Å². The molecule has 0 unspecified atom stereocenters. The average Bonchev–Trinajstić information content (AvgIpc) is 3.37. The molecule has 0 spiro atoms. The van der Waals surface area contributed by atoms with Crippen molar-refractivity contribution in [2.24, 2.45) is 0 Å². The van der Waals surface area contributed by atoms with Crippen LogP contribution < -0.4 is 15.0 Å². The molecule has 4 aromatic rings. The lowest BCUT2D eigenvalue weighted by atomic mass is 10.1. The molecule has 172 valence electrons. The Balaban J connectivity index is 1.30. The number of aromatic nitrogens is 4. The molecule has 1 N–H and O–H groups in total. The minimum Gasteiger partial charge on any atom is -0.493 e. The summed E-state index contributed by atoms with van der Waals surface area (Å²) < 4.78 is 7.99. The van der Waals surface area contributed by atoms with E-state index < -0.39 is 0 Å². The number of aryl methyl sites for hydroxylation is 2. The third kappa shape index (κ3) is 4.10. The normalized spacial score (nSPS) is 12.6. The van der Waals surface area contributed by atoms with Crippen molar-refractivity contribution < 1.29 is 9.53 Å². The second kappa shape index (κ2) is 8.97. The van der Waals surface area contributed by atoms with E-state index in [9.17, 15) is 4.79 Å². The summed E-state index contributed by atoms with van der Waals surface area (Å²) in [5.41, 5.74) is 5.23. The predicted molar refractivity (Wildman–Crippen MR) is 131 cm³/mol. The number of carbonyl (C=O) groups is 1. The minimum absolute atomic E-state index is 0.117. The van der Waals surface area contributed by atoms with Gasteiger partial charge in [0.2, 0.25) is 0 Å². The molecule has 1 aromatic carbocycles. The Hall–Kier alpha value is -4.20. The van der Waals surface area contributed by atoms with E-state index in [0.29, 0.717) is 30.2 Å². The van der Waals surface area contributed by atoms with Gasteiger partial charge in [0.05, 0.1) is 24.2 Å². The number of imidazole rings is 1. The SMILES string of the molecule is CCc1ccc2c(n1)Nc1ncc(CCOc3ccc(-n4ccnc4)cc3C)cc1C(=O)N2C. The molecule has 4 heterocycles. The van der Waals surface area contributed by atoms with E-state index >= 15 is 0 Å². The van der Waals surface area contributed by atoms with Crippen molar-refractivity contribution in [2.75, 3.05) is 23.9 Å².